The molecule has 3 aliphatic rings. The molecule has 1 aliphatic carbocycles. The van der Waals surface area contributed by atoms with Crippen LogP contribution in [0.1, 0.15) is 58.4 Å². The van der Waals surface area contributed by atoms with Crippen molar-refractivity contribution in [1.82, 2.24) is 10.2 Å². The van der Waals surface area contributed by atoms with Crippen LogP contribution in [-0.4, -0.2) is 49.7 Å². The maximum absolute atomic E-state index is 13.7. The Hall–Kier alpha value is -3.74. The highest BCUT2D eigenvalue weighted by atomic mass is 16.5. The van der Waals surface area contributed by atoms with Gasteiger partial charge in [-0.3, -0.25) is 9.59 Å². The van der Waals surface area contributed by atoms with Gasteiger partial charge in [-0.25, -0.2) is 0 Å². The van der Waals surface area contributed by atoms with Crippen molar-refractivity contribution in [3.05, 3.63) is 65.2 Å². The number of hydrogen-bond acceptors (Lipinski definition) is 5. The average Bonchev–Trinajstić information content (AvgIpc) is 3.63. The summed E-state index contributed by atoms with van der Waals surface area (Å²) in [7, 11) is 3.26. The molecular formula is C29H31N3O4. The Morgan fingerprint density at radius 3 is 2.47 bits per heavy atom. The number of carbonyl (C=O) groups is 2. The van der Waals surface area contributed by atoms with E-state index in [1.165, 1.54) is 10.9 Å². The molecule has 1 spiro atoms. The summed E-state index contributed by atoms with van der Waals surface area (Å²) in [5, 5.41) is 8.84. The fraction of sp³-hybridized carbons (Fsp3) is 0.379. The van der Waals surface area contributed by atoms with Crippen LogP contribution in [-0.2, 0) is 0 Å². The molecule has 1 saturated carbocycles. The number of benzene rings is 3. The van der Waals surface area contributed by atoms with Gasteiger partial charge >= 0.3 is 0 Å². The van der Waals surface area contributed by atoms with E-state index >= 15 is 0 Å². The third kappa shape index (κ3) is 3.74. The number of ether oxygens (including phenoxy) is 2. The van der Waals surface area contributed by atoms with Gasteiger partial charge in [-0.1, -0.05) is 19.1 Å². The predicted molar refractivity (Wildman–Crippen MR) is 139 cm³/mol. The van der Waals surface area contributed by atoms with Crippen molar-refractivity contribution in [2.24, 2.45) is 5.92 Å². The number of rotatable bonds is 4. The number of methoxy groups -OCH3 is 2. The van der Waals surface area contributed by atoms with Gasteiger partial charge in [-0.05, 0) is 65.6 Å². The molecule has 2 atom stereocenters. The minimum atomic E-state index is -0.559. The second-order valence-electron chi connectivity index (χ2n) is 10.3. The maximum atomic E-state index is 13.7. The number of carbonyl (C=O) groups excluding carboxylic acids is 2. The van der Waals surface area contributed by atoms with Crippen molar-refractivity contribution in [3.8, 4) is 11.5 Å². The second kappa shape index (κ2) is 8.43. The Labute approximate surface area is 210 Å². The van der Waals surface area contributed by atoms with Gasteiger partial charge in [-0.15, -0.1) is 0 Å². The fourth-order valence-corrected chi connectivity index (χ4v) is 5.80. The zero-order valence-electron chi connectivity index (χ0n) is 20.9. The summed E-state index contributed by atoms with van der Waals surface area (Å²) in [6.45, 7) is 3.36. The molecule has 1 unspecified atom stereocenters. The van der Waals surface area contributed by atoms with Crippen LogP contribution in [0.3, 0.4) is 0 Å². The normalized spacial score (nSPS) is 22.0. The van der Waals surface area contributed by atoms with Crippen LogP contribution in [0.4, 0.5) is 5.69 Å². The van der Waals surface area contributed by atoms with Gasteiger partial charge in [0.05, 0.1) is 19.8 Å². The monoisotopic (exact) mass is 485 g/mol. The predicted octanol–water partition coefficient (Wildman–Crippen LogP) is 4.77. The topological polar surface area (TPSA) is 79.9 Å². The van der Waals surface area contributed by atoms with Crippen LogP contribution in [0.25, 0.3) is 10.8 Å². The molecule has 2 heterocycles. The first-order valence-electron chi connectivity index (χ1n) is 12.6. The van der Waals surface area contributed by atoms with Gasteiger partial charge in [0.15, 0.2) is 0 Å². The van der Waals surface area contributed by atoms with E-state index in [4.69, 9.17) is 9.47 Å². The number of hydrogen-bond donors (Lipinski definition) is 2. The molecule has 3 aromatic carbocycles. The summed E-state index contributed by atoms with van der Waals surface area (Å²) in [6, 6.07) is 15.6. The minimum absolute atomic E-state index is 0.0273. The van der Waals surface area contributed by atoms with Gasteiger partial charge in [0.25, 0.3) is 11.8 Å². The molecule has 2 amide bonds. The summed E-state index contributed by atoms with van der Waals surface area (Å²) in [5.74, 6) is 2.46. The highest BCUT2D eigenvalue weighted by Crippen LogP contribution is 2.50. The fourth-order valence-electron chi connectivity index (χ4n) is 5.80. The number of anilines is 1. The van der Waals surface area contributed by atoms with Crippen molar-refractivity contribution < 1.29 is 19.1 Å². The first-order chi connectivity index (χ1) is 17.4. The smallest absolute Gasteiger partial charge is 0.255 e. The molecular weight excluding hydrogens is 454 g/mol. The molecule has 3 aromatic rings. The summed E-state index contributed by atoms with van der Waals surface area (Å²) in [6.07, 6.45) is 2.40. The van der Waals surface area contributed by atoms with Crippen molar-refractivity contribution in [1.29, 1.82) is 0 Å². The zero-order valence-corrected chi connectivity index (χ0v) is 20.9. The number of likely N-dealkylation sites (tertiary alicyclic amines) is 1. The Balaban J connectivity index is 1.25. The lowest BCUT2D eigenvalue weighted by atomic mass is 9.91. The van der Waals surface area contributed by atoms with Gasteiger partial charge < -0.3 is 25.0 Å². The lowest BCUT2D eigenvalue weighted by Crippen LogP contribution is -2.62. The molecule has 0 aromatic heterocycles. The summed E-state index contributed by atoms with van der Waals surface area (Å²) < 4.78 is 10.9. The van der Waals surface area contributed by atoms with E-state index in [1.807, 2.05) is 35.2 Å². The van der Waals surface area contributed by atoms with Gasteiger partial charge in [0.1, 0.15) is 17.2 Å². The van der Waals surface area contributed by atoms with Crippen LogP contribution in [0.15, 0.2) is 48.5 Å². The zero-order chi connectivity index (χ0) is 25.0. The van der Waals surface area contributed by atoms with Crippen molar-refractivity contribution in [2.75, 3.05) is 32.6 Å². The standard InChI is InChI=1S/C29H31N3O4/c1-17-13-21(17)22-14-18(15-23-20(22)5-4-6-26(23)36-3)28(34)32-11-9-29(10-12-32)30-25-8-7-19(35-2)16-24(25)27(33)31-29/h4-8,14-17,21,30H,9-13H2,1-3H3,(H,31,33)/t17-,21?/m1/s1. The van der Waals surface area contributed by atoms with Crippen molar-refractivity contribution in [3.63, 3.8) is 0 Å². The lowest BCUT2D eigenvalue weighted by molar-refractivity contribution is 0.0639. The molecule has 36 heavy (non-hydrogen) atoms. The summed E-state index contributed by atoms with van der Waals surface area (Å²) in [5.41, 5.74) is 2.75. The average molecular weight is 486 g/mol. The van der Waals surface area contributed by atoms with E-state index in [1.54, 1.807) is 20.3 Å². The summed E-state index contributed by atoms with van der Waals surface area (Å²) in [4.78, 5) is 28.5. The third-order valence-corrected chi connectivity index (χ3v) is 8.07. The molecule has 2 aliphatic heterocycles. The third-order valence-electron chi connectivity index (χ3n) is 8.07. The SMILES string of the molecule is COc1ccc2c(c1)C(=O)NC1(CCN(C(=O)c3cc(C4C[C@H]4C)c4cccc(OC)c4c3)CC1)N2. The number of nitrogens with zero attached hydrogens (tertiary/aromatic N) is 1. The van der Waals surface area contributed by atoms with E-state index in [2.05, 4.69) is 29.7 Å². The van der Waals surface area contributed by atoms with E-state index < -0.39 is 5.66 Å². The Kier molecular flexibility index (Phi) is 5.32. The summed E-state index contributed by atoms with van der Waals surface area (Å²) >= 11 is 0. The quantitative estimate of drug-likeness (QED) is 0.557. The second-order valence-corrected chi connectivity index (χ2v) is 10.3. The molecule has 7 heteroatoms. The molecule has 186 valence electrons. The number of amides is 2. The van der Waals surface area contributed by atoms with Crippen molar-refractivity contribution >= 4 is 28.3 Å². The van der Waals surface area contributed by atoms with E-state index in [0.29, 0.717) is 54.6 Å². The molecule has 2 N–H and O–H groups in total. The van der Waals surface area contributed by atoms with Gasteiger partial charge in [0.2, 0.25) is 0 Å². The Bertz CT molecular complexity index is 1380. The maximum Gasteiger partial charge on any atom is 0.255 e. The first kappa shape index (κ1) is 22.7. The number of piperidine rings is 1. The van der Waals surface area contributed by atoms with Crippen LogP contribution >= 0.6 is 0 Å². The minimum Gasteiger partial charge on any atom is -0.497 e. The van der Waals surface area contributed by atoms with Crippen LogP contribution in [0.5, 0.6) is 11.5 Å². The van der Waals surface area contributed by atoms with Crippen molar-refractivity contribution in [2.45, 2.75) is 37.8 Å². The molecule has 7 nitrogen and oxygen atoms in total. The highest BCUT2D eigenvalue weighted by molar-refractivity contribution is 6.03. The Morgan fingerprint density at radius 2 is 1.78 bits per heavy atom. The van der Waals surface area contributed by atoms with Crippen LogP contribution in [0.2, 0.25) is 0 Å². The molecule has 0 bridgehead atoms. The Morgan fingerprint density at radius 1 is 1.00 bits per heavy atom. The number of nitrogens with one attached hydrogen (secondary N) is 2. The van der Waals surface area contributed by atoms with Crippen LogP contribution in [0, 0.1) is 5.92 Å². The van der Waals surface area contributed by atoms with E-state index in [9.17, 15) is 9.59 Å². The molecule has 6 rings (SSSR count). The molecule has 1 saturated heterocycles. The highest BCUT2D eigenvalue weighted by Gasteiger charge is 2.42. The molecule has 0 radical (unpaired) electrons. The van der Waals surface area contributed by atoms with E-state index in [0.717, 1.165) is 23.2 Å². The number of fused-ring (bicyclic) bond motifs is 2. The van der Waals surface area contributed by atoms with E-state index in [-0.39, 0.29) is 11.8 Å². The first-order valence-corrected chi connectivity index (χ1v) is 12.6. The van der Waals surface area contributed by atoms with Crippen LogP contribution < -0.4 is 20.1 Å². The lowest BCUT2D eigenvalue weighted by Gasteiger charge is -2.46. The largest absolute Gasteiger partial charge is 0.497 e. The van der Waals surface area contributed by atoms with Gasteiger partial charge in [0, 0.05) is 42.6 Å². The van der Waals surface area contributed by atoms with Gasteiger partial charge in [-0.2, -0.15) is 0 Å². The molecule has 2 fully saturated rings.